The van der Waals surface area contributed by atoms with Crippen LogP contribution in [0.5, 0.6) is 28.7 Å². The number of carbonyl (C=O) groups is 2. The molecule has 0 fully saturated rings. The number of phenols is 4. The van der Waals surface area contributed by atoms with Gasteiger partial charge in [0, 0.05) is 39.3 Å². The molecule has 0 bridgehead atoms. The molecule has 1 aliphatic carbocycles. The third kappa shape index (κ3) is 4.81. The number of aromatic hydroxyl groups is 5. The number of hydrogen-bond acceptors (Lipinski definition) is 10. The Morgan fingerprint density at radius 1 is 0.700 bits per heavy atom. The van der Waals surface area contributed by atoms with Crippen molar-refractivity contribution in [2.45, 2.75) is 54.4 Å². The van der Waals surface area contributed by atoms with Crippen LogP contribution in [0.1, 0.15) is 82.9 Å². The van der Waals surface area contributed by atoms with E-state index in [-0.39, 0.29) is 72.9 Å². The number of aldehydes is 1. The van der Waals surface area contributed by atoms with Crippen molar-refractivity contribution in [3.63, 3.8) is 0 Å². The molecule has 0 aliphatic heterocycles. The molecule has 256 valence electrons. The first-order valence-corrected chi connectivity index (χ1v) is 16.0. The average molecular weight is 677 g/mol. The Morgan fingerprint density at radius 2 is 1.34 bits per heavy atom. The van der Waals surface area contributed by atoms with E-state index in [0.29, 0.717) is 33.9 Å². The second-order valence-corrected chi connectivity index (χ2v) is 13.4. The highest BCUT2D eigenvalue weighted by molar-refractivity contribution is 6.37. The fourth-order valence-electron chi connectivity index (χ4n) is 7.38. The number of carbonyl (C=O) groups excluding carboxylic acids is 2. The highest BCUT2D eigenvalue weighted by Crippen LogP contribution is 2.53. The molecular weight excluding hydrogens is 640 g/mol. The standard InChI is InChI=1S/C40H36O10/c1-15(2)28-19(7)34(43)26(14-41)33-22(28)10-17(5)31(38(33)47)30-18(6)11-23-29(16(3)4)39(48)36(45)24(32(23)37(30)46)13-25-35(44)21-9-8-20(42)12-27(21)50-40(25)49/h8-16,42-44,46-48H,1-7H3/b24-13-. The van der Waals surface area contributed by atoms with Crippen LogP contribution >= 0.6 is 0 Å². The van der Waals surface area contributed by atoms with Gasteiger partial charge in [-0.25, -0.2) is 4.79 Å². The molecule has 5 aromatic rings. The van der Waals surface area contributed by atoms with Crippen molar-refractivity contribution in [3.05, 3.63) is 91.0 Å². The molecule has 0 radical (unpaired) electrons. The number of aliphatic hydroxyl groups excluding tert-OH is 1. The van der Waals surface area contributed by atoms with Crippen LogP contribution in [-0.4, -0.2) is 42.7 Å². The lowest BCUT2D eigenvalue weighted by Crippen LogP contribution is -2.19. The maximum atomic E-state index is 13.9. The van der Waals surface area contributed by atoms with E-state index in [1.807, 2.05) is 13.8 Å². The smallest absolute Gasteiger partial charge is 0.347 e. The van der Waals surface area contributed by atoms with Crippen molar-refractivity contribution in [2.24, 2.45) is 5.92 Å². The number of allylic oxidation sites excluding steroid dienone is 2. The van der Waals surface area contributed by atoms with Gasteiger partial charge >= 0.3 is 5.63 Å². The predicted octanol–water partition coefficient (Wildman–Crippen LogP) is 8.05. The zero-order valence-corrected chi connectivity index (χ0v) is 28.5. The summed E-state index contributed by atoms with van der Waals surface area (Å²) < 4.78 is 5.34. The van der Waals surface area contributed by atoms with Gasteiger partial charge in [0.25, 0.3) is 0 Å². The van der Waals surface area contributed by atoms with Crippen molar-refractivity contribution < 1.29 is 44.6 Å². The summed E-state index contributed by atoms with van der Waals surface area (Å²) in [5, 5.41) is 68.2. The van der Waals surface area contributed by atoms with E-state index in [2.05, 4.69) is 0 Å². The first-order valence-electron chi connectivity index (χ1n) is 16.0. The van der Waals surface area contributed by atoms with Gasteiger partial charge in [-0.2, -0.15) is 0 Å². The Morgan fingerprint density at radius 3 is 1.96 bits per heavy atom. The molecule has 10 nitrogen and oxygen atoms in total. The van der Waals surface area contributed by atoms with Gasteiger partial charge in [-0.1, -0.05) is 39.8 Å². The van der Waals surface area contributed by atoms with E-state index < -0.39 is 40.1 Å². The highest BCUT2D eigenvalue weighted by atomic mass is 16.4. The monoisotopic (exact) mass is 676 g/mol. The molecule has 6 N–H and O–H groups in total. The van der Waals surface area contributed by atoms with Crippen LogP contribution < -0.4 is 5.63 Å². The molecule has 50 heavy (non-hydrogen) atoms. The van der Waals surface area contributed by atoms with Crippen molar-refractivity contribution in [2.75, 3.05) is 0 Å². The summed E-state index contributed by atoms with van der Waals surface area (Å²) in [5.74, 6) is -3.89. The fourth-order valence-corrected chi connectivity index (χ4v) is 7.38. The van der Waals surface area contributed by atoms with E-state index in [0.717, 1.165) is 17.7 Å². The first kappa shape index (κ1) is 33.9. The summed E-state index contributed by atoms with van der Waals surface area (Å²) in [6.07, 6.45) is 1.51. The van der Waals surface area contributed by atoms with E-state index in [1.165, 1.54) is 12.1 Å². The van der Waals surface area contributed by atoms with Gasteiger partial charge in [0.2, 0.25) is 5.78 Å². The predicted molar refractivity (Wildman–Crippen MR) is 191 cm³/mol. The SMILES string of the molecule is Cc1cc2c(c(O)c1-c1c(C)cc3c(C(C)C)c(C)c(O)c(C=O)c3c1O)/C(=C/c1c(O)c3ccc(O)cc3oc1=O)C(=O)C(O)=C2C(C)C. The maximum absolute atomic E-state index is 13.9. The summed E-state index contributed by atoms with van der Waals surface area (Å²) in [6, 6.07) is 7.19. The number of rotatable bonds is 5. The normalized spacial score (nSPS) is 14.1. The van der Waals surface area contributed by atoms with Crippen LogP contribution in [0, 0.1) is 26.7 Å². The zero-order valence-electron chi connectivity index (χ0n) is 28.5. The maximum Gasteiger partial charge on any atom is 0.347 e. The molecule has 1 aromatic heterocycles. The quantitative estimate of drug-likeness (QED) is 0.0604. The number of benzene rings is 4. The van der Waals surface area contributed by atoms with E-state index in [4.69, 9.17) is 4.42 Å². The fraction of sp³-hybridized carbons (Fsp3) is 0.225. The second kappa shape index (κ2) is 11.8. The summed E-state index contributed by atoms with van der Waals surface area (Å²) in [5.41, 5.74) is 0.883. The number of aliphatic hydroxyl groups is 1. The lowest BCUT2D eigenvalue weighted by atomic mass is 9.76. The minimum absolute atomic E-state index is 0.0640. The van der Waals surface area contributed by atoms with E-state index >= 15 is 0 Å². The van der Waals surface area contributed by atoms with Gasteiger partial charge in [-0.15, -0.1) is 0 Å². The van der Waals surface area contributed by atoms with E-state index in [9.17, 15) is 45.0 Å². The molecule has 4 aromatic carbocycles. The molecule has 0 saturated heterocycles. The van der Waals surface area contributed by atoms with Gasteiger partial charge in [-0.3, -0.25) is 9.59 Å². The summed E-state index contributed by atoms with van der Waals surface area (Å²) in [6.45, 7) is 12.5. The third-order valence-electron chi connectivity index (χ3n) is 9.55. The van der Waals surface area contributed by atoms with Crippen molar-refractivity contribution in [3.8, 4) is 39.9 Å². The van der Waals surface area contributed by atoms with Gasteiger partial charge < -0.3 is 35.1 Å². The Kier molecular flexibility index (Phi) is 8.01. The largest absolute Gasteiger partial charge is 0.508 e. The number of phenolic OH excluding ortho intramolecular Hbond substituents is 4. The van der Waals surface area contributed by atoms with Crippen LogP contribution in [0.15, 0.2) is 45.3 Å². The third-order valence-corrected chi connectivity index (χ3v) is 9.55. The van der Waals surface area contributed by atoms with E-state index in [1.54, 1.807) is 46.8 Å². The zero-order chi connectivity index (χ0) is 36.7. The van der Waals surface area contributed by atoms with Crippen LogP contribution in [0.3, 0.4) is 0 Å². The Labute approximate surface area is 286 Å². The van der Waals surface area contributed by atoms with Gasteiger partial charge in [-0.05, 0) is 84.0 Å². The first-order chi connectivity index (χ1) is 23.5. The molecule has 0 spiro atoms. The number of aryl methyl sites for hydroxylation is 2. The minimum atomic E-state index is -1.05. The topological polar surface area (TPSA) is 186 Å². The van der Waals surface area contributed by atoms with Crippen molar-refractivity contribution in [1.82, 2.24) is 0 Å². The summed E-state index contributed by atoms with van der Waals surface area (Å²) in [4.78, 5) is 39.5. The van der Waals surface area contributed by atoms with Gasteiger partial charge in [0.1, 0.15) is 39.9 Å². The Balaban J connectivity index is 1.75. The number of Topliss-reactive ketones (excluding diaryl/α,β-unsaturated/α-hetero) is 1. The molecule has 10 heteroatoms. The summed E-state index contributed by atoms with van der Waals surface area (Å²) in [7, 11) is 0. The highest BCUT2D eigenvalue weighted by Gasteiger charge is 2.36. The van der Waals surface area contributed by atoms with Gasteiger partial charge in [0.05, 0.1) is 10.9 Å². The summed E-state index contributed by atoms with van der Waals surface area (Å²) >= 11 is 0. The molecule has 0 unspecified atom stereocenters. The Hall–Kier alpha value is -6.03. The molecule has 1 heterocycles. The minimum Gasteiger partial charge on any atom is -0.508 e. The number of fused-ring (bicyclic) bond motifs is 3. The molecule has 1 aliphatic rings. The molecule has 0 amide bonds. The van der Waals surface area contributed by atoms with Crippen LogP contribution in [-0.2, 0) is 4.79 Å². The molecular formula is C40H36O10. The van der Waals surface area contributed by atoms with Gasteiger partial charge in [0.15, 0.2) is 12.0 Å². The van der Waals surface area contributed by atoms with Crippen LogP contribution in [0.25, 0.3) is 50.1 Å². The second-order valence-electron chi connectivity index (χ2n) is 13.4. The molecule has 6 rings (SSSR count). The average Bonchev–Trinajstić information content (AvgIpc) is 3.03. The lowest BCUT2D eigenvalue weighted by Gasteiger charge is -2.28. The van der Waals surface area contributed by atoms with Crippen LogP contribution in [0.4, 0.5) is 0 Å². The molecule has 0 saturated carbocycles. The number of hydrogen-bond donors (Lipinski definition) is 6. The molecule has 0 atom stereocenters. The van der Waals surface area contributed by atoms with Crippen LogP contribution in [0.2, 0.25) is 0 Å². The lowest BCUT2D eigenvalue weighted by molar-refractivity contribution is -0.112. The number of ketones is 1. The van der Waals surface area contributed by atoms with Crippen molar-refractivity contribution >= 4 is 51.0 Å². The van der Waals surface area contributed by atoms with Crippen molar-refractivity contribution in [1.29, 1.82) is 0 Å². The Bertz CT molecular complexity index is 2470.